The highest BCUT2D eigenvalue weighted by Gasteiger charge is 2.21. The summed E-state index contributed by atoms with van der Waals surface area (Å²) >= 11 is 0. The SMILES string of the molecule is CC[C@@H](C)Nc1ccc(C(=O)O)cc1S(=O)(=O)NCCOC. The molecule has 3 N–H and O–H groups in total. The second kappa shape index (κ2) is 8.11. The Hall–Kier alpha value is -1.64. The molecule has 0 spiro atoms. The van der Waals surface area contributed by atoms with Gasteiger partial charge in [-0.25, -0.2) is 17.9 Å². The topological polar surface area (TPSA) is 105 Å². The van der Waals surface area contributed by atoms with Gasteiger partial charge in [-0.15, -0.1) is 0 Å². The van der Waals surface area contributed by atoms with Gasteiger partial charge in [0.25, 0.3) is 0 Å². The number of anilines is 1. The van der Waals surface area contributed by atoms with Crippen molar-refractivity contribution in [1.82, 2.24) is 4.72 Å². The summed E-state index contributed by atoms with van der Waals surface area (Å²) in [6.07, 6.45) is 0.803. The predicted molar refractivity (Wildman–Crippen MR) is 83.8 cm³/mol. The Morgan fingerprint density at radius 2 is 2.09 bits per heavy atom. The monoisotopic (exact) mass is 330 g/mol. The van der Waals surface area contributed by atoms with Crippen molar-refractivity contribution >= 4 is 21.7 Å². The van der Waals surface area contributed by atoms with Gasteiger partial charge in [0.15, 0.2) is 0 Å². The molecule has 0 fully saturated rings. The Balaban J connectivity index is 3.21. The van der Waals surface area contributed by atoms with Crippen LogP contribution in [-0.4, -0.2) is 45.8 Å². The Labute approximate surface area is 130 Å². The number of hydrogen-bond acceptors (Lipinski definition) is 5. The van der Waals surface area contributed by atoms with Crippen LogP contribution in [0, 0.1) is 0 Å². The smallest absolute Gasteiger partial charge is 0.335 e. The van der Waals surface area contributed by atoms with Crippen molar-refractivity contribution in [1.29, 1.82) is 0 Å². The number of benzene rings is 1. The lowest BCUT2D eigenvalue weighted by Gasteiger charge is -2.17. The summed E-state index contributed by atoms with van der Waals surface area (Å²) < 4.78 is 31.9. The van der Waals surface area contributed by atoms with Crippen LogP contribution in [0.2, 0.25) is 0 Å². The maximum atomic E-state index is 12.4. The van der Waals surface area contributed by atoms with Crippen molar-refractivity contribution in [2.24, 2.45) is 0 Å². The minimum Gasteiger partial charge on any atom is -0.478 e. The average Bonchev–Trinajstić information content (AvgIpc) is 2.47. The number of aromatic carboxylic acids is 1. The molecule has 1 aromatic carbocycles. The molecule has 124 valence electrons. The van der Waals surface area contributed by atoms with Gasteiger partial charge in [0.05, 0.1) is 17.9 Å². The van der Waals surface area contributed by atoms with Crippen LogP contribution in [0.3, 0.4) is 0 Å². The normalized spacial score (nSPS) is 12.9. The van der Waals surface area contributed by atoms with E-state index in [9.17, 15) is 13.2 Å². The molecule has 0 aliphatic carbocycles. The fraction of sp³-hybridized carbons (Fsp3) is 0.500. The molecule has 1 atom stereocenters. The fourth-order valence-corrected chi connectivity index (χ4v) is 2.93. The number of nitrogens with one attached hydrogen (secondary N) is 2. The van der Waals surface area contributed by atoms with Gasteiger partial charge in [0, 0.05) is 19.7 Å². The van der Waals surface area contributed by atoms with E-state index in [1.54, 1.807) is 0 Å². The van der Waals surface area contributed by atoms with Crippen LogP contribution in [0.25, 0.3) is 0 Å². The van der Waals surface area contributed by atoms with E-state index in [2.05, 4.69) is 10.0 Å². The minimum atomic E-state index is -3.83. The van der Waals surface area contributed by atoms with Crippen LogP contribution >= 0.6 is 0 Å². The number of carboxylic acid groups (broad SMARTS) is 1. The summed E-state index contributed by atoms with van der Waals surface area (Å²) in [6.45, 7) is 4.22. The number of carboxylic acids is 1. The van der Waals surface area contributed by atoms with E-state index >= 15 is 0 Å². The van der Waals surface area contributed by atoms with Gasteiger partial charge in [-0.05, 0) is 31.5 Å². The molecule has 0 unspecified atom stereocenters. The van der Waals surface area contributed by atoms with Gasteiger partial charge in [0.1, 0.15) is 4.90 Å². The first-order valence-electron chi connectivity index (χ1n) is 6.94. The molecule has 0 bridgehead atoms. The second-order valence-electron chi connectivity index (χ2n) is 4.86. The van der Waals surface area contributed by atoms with Crippen molar-refractivity contribution in [2.45, 2.75) is 31.2 Å². The predicted octanol–water partition coefficient (Wildman–Crippen LogP) is 1.52. The largest absolute Gasteiger partial charge is 0.478 e. The van der Waals surface area contributed by atoms with Gasteiger partial charge >= 0.3 is 5.97 Å². The number of sulfonamides is 1. The molecule has 0 heterocycles. The molecule has 22 heavy (non-hydrogen) atoms. The standard InChI is InChI=1S/C14H22N2O5S/c1-4-10(2)16-12-6-5-11(14(17)18)9-13(12)22(19,20)15-7-8-21-3/h5-6,9-10,15-16H,4,7-8H2,1-3H3,(H,17,18)/t10-/m1/s1. The number of rotatable bonds is 9. The first-order chi connectivity index (χ1) is 10.3. The number of carbonyl (C=O) groups is 1. The molecule has 1 aromatic rings. The Morgan fingerprint density at radius 1 is 1.41 bits per heavy atom. The lowest BCUT2D eigenvalue weighted by molar-refractivity contribution is 0.0696. The van der Waals surface area contributed by atoms with E-state index in [-0.39, 0.29) is 29.7 Å². The quantitative estimate of drug-likeness (QED) is 0.593. The zero-order valence-electron chi connectivity index (χ0n) is 12.9. The van der Waals surface area contributed by atoms with Gasteiger partial charge < -0.3 is 15.2 Å². The highest BCUT2D eigenvalue weighted by Crippen LogP contribution is 2.24. The van der Waals surface area contributed by atoms with E-state index in [0.717, 1.165) is 12.5 Å². The van der Waals surface area contributed by atoms with E-state index in [1.165, 1.54) is 19.2 Å². The maximum Gasteiger partial charge on any atom is 0.335 e. The van der Waals surface area contributed by atoms with Crippen molar-refractivity contribution in [3.05, 3.63) is 23.8 Å². The molecule has 0 amide bonds. The van der Waals surface area contributed by atoms with Gasteiger partial charge in [-0.3, -0.25) is 0 Å². The number of hydrogen-bond donors (Lipinski definition) is 3. The molecule has 0 saturated heterocycles. The van der Waals surface area contributed by atoms with E-state index in [4.69, 9.17) is 9.84 Å². The van der Waals surface area contributed by atoms with Crippen molar-refractivity contribution in [3.8, 4) is 0 Å². The molecule has 1 rings (SSSR count). The molecule has 8 heteroatoms. The third-order valence-electron chi connectivity index (χ3n) is 3.13. The minimum absolute atomic E-state index is 0.0589. The first-order valence-corrected chi connectivity index (χ1v) is 8.42. The van der Waals surface area contributed by atoms with Crippen molar-refractivity contribution < 1.29 is 23.1 Å². The van der Waals surface area contributed by atoms with Crippen LogP contribution in [0.1, 0.15) is 30.6 Å². The molecule has 7 nitrogen and oxygen atoms in total. The van der Waals surface area contributed by atoms with Crippen LogP contribution in [0.4, 0.5) is 5.69 Å². The average molecular weight is 330 g/mol. The summed E-state index contributed by atoms with van der Waals surface area (Å²) in [6, 6.07) is 4.06. The third kappa shape index (κ3) is 4.97. The molecular weight excluding hydrogens is 308 g/mol. The Morgan fingerprint density at radius 3 is 2.64 bits per heavy atom. The second-order valence-corrected chi connectivity index (χ2v) is 6.60. The summed E-state index contributed by atoms with van der Waals surface area (Å²) in [4.78, 5) is 11.0. The zero-order chi connectivity index (χ0) is 16.8. The lowest BCUT2D eigenvalue weighted by Crippen LogP contribution is -2.28. The van der Waals surface area contributed by atoms with Crippen LogP contribution in [-0.2, 0) is 14.8 Å². The summed E-state index contributed by atoms with van der Waals surface area (Å²) in [5.41, 5.74) is 0.297. The fourth-order valence-electron chi connectivity index (χ4n) is 1.72. The Kier molecular flexibility index (Phi) is 6.79. The maximum absolute atomic E-state index is 12.4. The summed E-state index contributed by atoms with van der Waals surface area (Å²) in [5.74, 6) is -1.18. The van der Waals surface area contributed by atoms with Gasteiger partial charge in [-0.2, -0.15) is 0 Å². The van der Waals surface area contributed by atoms with E-state index in [1.807, 2.05) is 13.8 Å². The molecule has 0 aliphatic rings. The van der Waals surface area contributed by atoms with Crippen LogP contribution in [0.5, 0.6) is 0 Å². The van der Waals surface area contributed by atoms with Crippen LogP contribution < -0.4 is 10.0 Å². The van der Waals surface area contributed by atoms with Crippen molar-refractivity contribution in [2.75, 3.05) is 25.6 Å². The highest BCUT2D eigenvalue weighted by atomic mass is 32.2. The number of methoxy groups -OCH3 is 1. The first kappa shape index (κ1) is 18.4. The van der Waals surface area contributed by atoms with E-state index < -0.39 is 16.0 Å². The van der Waals surface area contributed by atoms with Crippen LogP contribution in [0.15, 0.2) is 23.1 Å². The molecular formula is C14H22N2O5S. The Bertz CT molecular complexity index is 616. The molecule has 0 aromatic heterocycles. The van der Waals surface area contributed by atoms with Gasteiger partial charge in [-0.1, -0.05) is 6.92 Å². The summed E-state index contributed by atoms with van der Waals surface area (Å²) in [5, 5.41) is 12.1. The third-order valence-corrected chi connectivity index (χ3v) is 4.63. The zero-order valence-corrected chi connectivity index (χ0v) is 13.7. The number of ether oxygens (including phenoxy) is 1. The van der Waals surface area contributed by atoms with Crippen molar-refractivity contribution in [3.63, 3.8) is 0 Å². The molecule has 0 aliphatic heterocycles. The highest BCUT2D eigenvalue weighted by molar-refractivity contribution is 7.89. The molecule has 0 saturated carbocycles. The van der Waals surface area contributed by atoms with E-state index in [0.29, 0.717) is 5.69 Å². The summed E-state index contributed by atoms with van der Waals surface area (Å²) in [7, 11) is -2.36. The lowest BCUT2D eigenvalue weighted by atomic mass is 10.2. The molecule has 0 radical (unpaired) electrons. The van der Waals surface area contributed by atoms with Gasteiger partial charge in [0.2, 0.25) is 10.0 Å².